The second kappa shape index (κ2) is 10.6. The van der Waals surface area contributed by atoms with Crippen LogP contribution in [0, 0.1) is 5.82 Å². The van der Waals surface area contributed by atoms with Crippen LogP contribution in [0.2, 0.25) is 0 Å². The van der Waals surface area contributed by atoms with E-state index in [1.54, 1.807) is 6.07 Å². The number of fused-ring (bicyclic) bond motifs is 1. The van der Waals surface area contributed by atoms with E-state index in [4.69, 9.17) is 10.8 Å². The molecule has 178 valence electrons. The summed E-state index contributed by atoms with van der Waals surface area (Å²) in [5.41, 5.74) is 11.0. The quantitative estimate of drug-likeness (QED) is 0.415. The Balaban J connectivity index is 0.000000406. The predicted molar refractivity (Wildman–Crippen MR) is 127 cm³/mol. The lowest BCUT2D eigenvalue weighted by Gasteiger charge is -2.12. The van der Waals surface area contributed by atoms with Crippen LogP contribution in [0.25, 0.3) is 11.1 Å². The Kier molecular flexibility index (Phi) is 7.79. The van der Waals surface area contributed by atoms with Gasteiger partial charge in [-0.05, 0) is 58.9 Å². The van der Waals surface area contributed by atoms with Crippen molar-refractivity contribution in [3.63, 3.8) is 0 Å². The van der Waals surface area contributed by atoms with Gasteiger partial charge >= 0.3 is 0 Å². The van der Waals surface area contributed by atoms with Crippen molar-refractivity contribution in [2.45, 2.75) is 38.3 Å². The van der Waals surface area contributed by atoms with Gasteiger partial charge in [-0.3, -0.25) is 4.79 Å². The number of nitrogens with two attached hydrogens (primary N) is 1. The Bertz CT molecular complexity index is 1150. The zero-order valence-electron chi connectivity index (χ0n) is 18.8. The topological polar surface area (TPSA) is 75.3 Å². The summed E-state index contributed by atoms with van der Waals surface area (Å²) in [5.74, 6) is -5.32. The number of hydrogen-bond donors (Lipinski definition) is 3. The van der Waals surface area contributed by atoms with Crippen molar-refractivity contribution >= 4 is 5.91 Å². The average Bonchev–Trinajstić information content (AvgIpc) is 3.20. The highest BCUT2D eigenvalue weighted by Crippen LogP contribution is 2.24. The van der Waals surface area contributed by atoms with Gasteiger partial charge in [0.15, 0.2) is 5.76 Å². The maximum Gasteiger partial charge on any atom is 0.300 e. The molecule has 7 heteroatoms. The van der Waals surface area contributed by atoms with E-state index in [-0.39, 0.29) is 5.56 Å². The zero-order chi connectivity index (χ0) is 24.9. The van der Waals surface area contributed by atoms with E-state index in [0.717, 1.165) is 31.0 Å². The lowest BCUT2D eigenvalue weighted by atomic mass is 10.0. The number of primary amides is 1. The second-order valence-corrected chi connectivity index (χ2v) is 8.38. The van der Waals surface area contributed by atoms with E-state index in [2.05, 4.69) is 36.2 Å². The molecule has 3 aromatic carbocycles. The highest BCUT2D eigenvalue weighted by Gasteiger charge is 2.24. The summed E-state index contributed by atoms with van der Waals surface area (Å²) in [6, 6.07) is 21.2. The van der Waals surface area contributed by atoms with Crippen molar-refractivity contribution in [2.24, 2.45) is 5.73 Å². The highest BCUT2D eigenvalue weighted by molar-refractivity contribution is 5.94. The third-order valence-corrected chi connectivity index (χ3v) is 5.62. The maximum atomic E-state index is 13.7. The Labute approximate surface area is 196 Å². The van der Waals surface area contributed by atoms with Crippen molar-refractivity contribution in [3.8, 4) is 11.1 Å². The molecular weight excluding hydrogens is 441 g/mol. The number of aliphatic hydroxyl groups is 1. The third-order valence-electron chi connectivity index (χ3n) is 5.62. The molecule has 4 rings (SSSR count). The molecule has 0 aliphatic heterocycles. The van der Waals surface area contributed by atoms with E-state index < -0.39 is 23.4 Å². The number of halogens is 3. The van der Waals surface area contributed by atoms with Gasteiger partial charge in [-0.15, -0.1) is 0 Å². The Morgan fingerprint density at radius 2 is 1.62 bits per heavy atom. The van der Waals surface area contributed by atoms with Crippen LogP contribution in [0.1, 0.15) is 34.0 Å². The Morgan fingerprint density at radius 1 is 1.06 bits per heavy atom. The predicted octanol–water partition coefficient (Wildman–Crippen LogP) is 5.56. The molecule has 4 nitrogen and oxygen atoms in total. The Morgan fingerprint density at radius 3 is 2.12 bits per heavy atom. The molecule has 0 radical (unpaired) electrons. The molecule has 34 heavy (non-hydrogen) atoms. The zero-order valence-corrected chi connectivity index (χ0v) is 18.8. The van der Waals surface area contributed by atoms with Gasteiger partial charge in [0.25, 0.3) is 5.92 Å². The van der Waals surface area contributed by atoms with Crippen LogP contribution in [0.4, 0.5) is 13.2 Å². The summed E-state index contributed by atoms with van der Waals surface area (Å²) in [4.78, 5) is 11.3. The van der Waals surface area contributed by atoms with Gasteiger partial charge in [-0.1, -0.05) is 55.1 Å². The maximum absolute atomic E-state index is 13.7. The van der Waals surface area contributed by atoms with Gasteiger partial charge in [-0.25, -0.2) is 4.39 Å². The first-order chi connectivity index (χ1) is 16.0. The highest BCUT2D eigenvalue weighted by atomic mass is 19.3. The number of aliphatic hydroxyl groups excluding tert-OH is 1. The molecule has 0 spiro atoms. The number of amides is 1. The first-order valence-corrected chi connectivity index (χ1v) is 10.8. The number of allylic oxidation sites excluding steroid dienone is 1. The van der Waals surface area contributed by atoms with Crippen molar-refractivity contribution in [3.05, 3.63) is 107 Å². The molecule has 0 aromatic heterocycles. The van der Waals surface area contributed by atoms with Crippen molar-refractivity contribution in [1.29, 1.82) is 0 Å². The molecule has 0 fully saturated rings. The van der Waals surface area contributed by atoms with Gasteiger partial charge in [0.2, 0.25) is 5.91 Å². The number of nitrogens with one attached hydrogen (secondary N) is 1. The SMILES string of the molecule is C=C(O)C(C)(F)F.NC(=O)c1cc(F)cc(-c2ccc(CNC3Cc4ccccc4C3)cc2)c1. The fourth-order valence-electron chi connectivity index (χ4n) is 3.68. The fourth-order valence-corrected chi connectivity index (χ4v) is 3.68. The van der Waals surface area contributed by atoms with Crippen LogP contribution < -0.4 is 11.1 Å². The summed E-state index contributed by atoms with van der Waals surface area (Å²) in [6.45, 7) is 4.00. The number of hydrogen-bond acceptors (Lipinski definition) is 3. The summed E-state index contributed by atoms with van der Waals surface area (Å²) in [6.07, 6.45) is 2.13. The van der Waals surface area contributed by atoms with Gasteiger partial charge in [0, 0.05) is 25.1 Å². The van der Waals surface area contributed by atoms with Crippen LogP contribution in [-0.2, 0) is 19.4 Å². The van der Waals surface area contributed by atoms with E-state index >= 15 is 0 Å². The second-order valence-electron chi connectivity index (χ2n) is 8.38. The number of carbonyl (C=O) groups excluding carboxylic acids is 1. The minimum Gasteiger partial charge on any atom is -0.507 e. The molecule has 1 aliphatic rings. The first-order valence-electron chi connectivity index (χ1n) is 10.8. The lowest BCUT2D eigenvalue weighted by molar-refractivity contribution is 0.0197. The van der Waals surface area contributed by atoms with E-state index in [1.807, 2.05) is 24.3 Å². The molecule has 0 unspecified atom stereocenters. The summed E-state index contributed by atoms with van der Waals surface area (Å²) in [5, 5.41) is 11.6. The van der Waals surface area contributed by atoms with Gasteiger partial charge in [0.05, 0.1) is 0 Å². The van der Waals surface area contributed by atoms with Crippen LogP contribution in [0.15, 0.2) is 79.1 Å². The summed E-state index contributed by atoms with van der Waals surface area (Å²) in [7, 11) is 0. The monoisotopic (exact) mass is 468 g/mol. The average molecular weight is 469 g/mol. The third kappa shape index (κ3) is 6.71. The molecule has 0 bridgehead atoms. The molecule has 1 amide bonds. The van der Waals surface area contributed by atoms with E-state index in [9.17, 15) is 18.0 Å². The largest absolute Gasteiger partial charge is 0.507 e. The molecule has 0 atom stereocenters. The molecule has 1 aliphatic carbocycles. The van der Waals surface area contributed by atoms with Crippen LogP contribution in [-0.4, -0.2) is 23.0 Å². The lowest BCUT2D eigenvalue weighted by Crippen LogP contribution is -2.28. The first kappa shape index (κ1) is 25.1. The van der Waals surface area contributed by atoms with Gasteiger partial charge in [0.1, 0.15) is 5.82 Å². The van der Waals surface area contributed by atoms with Gasteiger partial charge in [-0.2, -0.15) is 8.78 Å². The molecular formula is C27H27F3N2O2. The fraction of sp³-hybridized carbons (Fsp3) is 0.222. The smallest absolute Gasteiger partial charge is 0.300 e. The molecule has 3 aromatic rings. The van der Waals surface area contributed by atoms with E-state index in [0.29, 0.717) is 18.5 Å². The molecule has 0 saturated carbocycles. The minimum absolute atomic E-state index is 0.177. The van der Waals surface area contributed by atoms with Crippen molar-refractivity contribution in [2.75, 3.05) is 0 Å². The number of carbonyl (C=O) groups is 1. The number of alkyl halides is 2. The summed E-state index contributed by atoms with van der Waals surface area (Å²) >= 11 is 0. The molecule has 0 saturated heterocycles. The van der Waals surface area contributed by atoms with Crippen molar-refractivity contribution < 1.29 is 23.1 Å². The van der Waals surface area contributed by atoms with Crippen LogP contribution in [0.3, 0.4) is 0 Å². The molecule has 0 heterocycles. The van der Waals surface area contributed by atoms with Crippen LogP contribution >= 0.6 is 0 Å². The number of benzene rings is 3. The minimum atomic E-state index is -3.14. The normalized spacial score (nSPS) is 13.1. The van der Waals surface area contributed by atoms with E-state index in [1.165, 1.54) is 22.8 Å². The summed E-state index contributed by atoms with van der Waals surface area (Å²) < 4.78 is 36.7. The molecule has 4 N–H and O–H groups in total. The number of rotatable bonds is 6. The van der Waals surface area contributed by atoms with Gasteiger partial charge < -0.3 is 16.2 Å². The van der Waals surface area contributed by atoms with Crippen LogP contribution in [0.5, 0.6) is 0 Å². The standard InChI is InChI=1S/C23H21FN2O.C4H6F2O/c24-21-10-19(9-20(11-21)23(25)27)16-7-5-15(6-8-16)14-26-22-12-17-3-1-2-4-18(17)13-22;1-3(7)4(2,5)6/h1-11,22,26H,12-14H2,(H2,25,27);7H,1H2,2H3. The Hall–Kier alpha value is -3.58. The van der Waals surface area contributed by atoms with Crippen molar-refractivity contribution in [1.82, 2.24) is 5.32 Å².